The van der Waals surface area contributed by atoms with E-state index in [0.717, 1.165) is 33.4 Å². The Hall–Kier alpha value is -5.36. The van der Waals surface area contributed by atoms with Gasteiger partial charge in [0.2, 0.25) is 0 Å². The number of carbonyl (C=O) groups excluding carboxylic acids is 2. The van der Waals surface area contributed by atoms with E-state index < -0.39 is 11.9 Å². The van der Waals surface area contributed by atoms with Gasteiger partial charge >= 0.3 is 11.9 Å². The molecule has 6 nitrogen and oxygen atoms in total. The van der Waals surface area contributed by atoms with Crippen LogP contribution in [0.4, 0.5) is 11.4 Å². The molecule has 2 bridgehead atoms. The molecule has 0 fully saturated rings. The maximum atomic E-state index is 13.3. The van der Waals surface area contributed by atoms with Crippen LogP contribution in [0.5, 0.6) is 11.5 Å². The van der Waals surface area contributed by atoms with Gasteiger partial charge in [0.05, 0.1) is 11.1 Å². The van der Waals surface area contributed by atoms with E-state index >= 15 is 0 Å². The van der Waals surface area contributed by atoms with Gasteiger partial charge in [-0.05, 0) is 70.8 Å². The third-order valence-electron chi connectivity index (χ3n) is 7.67. The van der Waals surface area contributed by atoms with E-state index in [1.807, 2.05) is 24.3 Å². The lowest BCUT2D eigenvalue weighted by atomic mass is 9.60. The summed E-state index contributed by atoms with van der Waals surface area (Å²) in [7, 11) is 0. The molecule has 0 saturated heterocycles. The van der Waals surface area contributed by atoms with Crippen molar-refractivity contribution in [2.24, 2.45) is 0 Å². The second-order valence-corrected chi connectivity index (χ2v) is 10.0. The van der Waals surface area contributed by atoms with Gasteiger partial charge in [0, 0.05) is 34.3 Å². The van der Waals surface area contributed by atoms with Crippen LogP contribution in [0.25, 0.3) is 0 Å². The van der Waals surface area contributed by atoms with E-state index in [2.05, 4.69) is 24.3 Å². The van der Waals surface area contributed by atoms with Crippen LogP contribution in [-0.4, -0.2) is 11.9 Å². The van der Waals surface area contributed by atoms with Crippen molar-refractivity contribution in [1.82, 2.24) is 0 Å². The topological polar surface area (TPSA) is 105 Å². The van der Waals surface area contributed by atoms with E-state index in [1.165, 1.54) is 0 Å². The predicted molar refractivity (Wildman–Crippen MR) is 153 cm³/mol. The highest BCUT2D eigenvalue weighted by molar-refractivity contribution is 5.94. The van der Waals surface area contributed by atoms with Crippen molar-refractivity contribution in [1.29, 1.82) is 0 Å². The van der Waals surface area contributed by atoms with Crippen LogP contribution in [0, 0.1) is 0 Å². The second-order valence-electron chi connectivity index (χ2n) is 10.0. The van der Waals surface area contributed by atoms with Crippen molar-refractivity contribution >= 4 is 23.3 Å². The highest BCUT2D eigenvalue weighted by atomic mass is 16.5. The van der Waals surface area contributed by atoms with E-state index in [-0.39, 0.29) is 11.8 Å². The number of carbonyl (C=O) groups is 2. The minimum atomic E-state index is -0.512. The summed E-state index contributed by atoms with van der Waals surface area (Å²) in [6.07, 6.45) is 0. The molecule has 5 aromatic rings. The van der Waals surface area contributed by atoms with Crippen LogP contribution in [0.2, 0.25) is 0 Å². The first kappa shape index (κ1) is 23.7. The number of hydrogen-bond donors (Lipinski definition) is 2. The minimum absolute atomic E-state index is 0.206. The van der Waals surface area contributed by atoms with Gasteiger partial charge in [-0.25, -0.2) is 9.59 Å². The summed E-state index contributed by atoms with van der Waals surface area (Å²) in [4.78, 5) is 26.5. The van der Waals surface area contributed by atoms with Gasteiger partial charge in [-0.3, -0.25) is 0 Å². The molecule has 3 aliphatic rings. The molecule has 5 aromatic carbocycles. The Morgan fingerprint density at radius 3 is 1.23 bits per heavy atom. The summed E-state index contributed by atoms with van der Waals surface area (Å²) in [5.41, 5.74) is 19.7. The largest absolute Gasteiger partial charge is 0.423 e. The summed E-state index contributed by atoms with van der Waals surface area (Å²) >= 11 is 0. The van der Waals surface area contributed by atoms with Crippen LogP contribution in [0.3, 0.4) is 0 Å². The summed E-state index contributed by atoms with van der Waals surface area (Å²) in [5.74, 6) is -0.594. The highest BCUT2D eigenvalue weighted by Gasteiger charge is 2.45. The standard InChI is InChI=1S/C34H24N2O4/c35-21-9-5-7-19(17-21)33(37)39-27-15-16-28(40-34(38)20-8-6-10-22(36)18-20)32-30-24-12-2-1-11-23(24)29(31(27)32)25-13-3-4-14-26(25)30/h1-18,29-30H,35-36H2. The van der Waals surface area contributed by atoms with Crippen molar-refractivity contribution in [2.45, 2.75) is 11.8 Å². The Balaban J connectivity index is 1.40. The van der Waals surface area contributed by atoms with Crippen LogP contribution < -0.4 is 20.9 Å². The third kappa shape index (κ3) is 3.73. The predicted octanol–water partition coefficient (Wildman–Crippen LogP) is 6.28. The molecule has 0 unspecified atom stereocenters. The van der Waals surface area contributed by atoms with Crippen molar-refractivity contribution < 1.29 is 19.1 Å². The Kier molecular flexibility index (Phi) is 5.42. The number of anilines is 2. The fraction of sp³-hybridized carbons (Fsp3) is 0.0588. The third-order valence-corrected chi connectivity index (χ3v) is 7.67. The number of rotatable bonds is 4. The summed E-state index contributed by atoms with van der Waals surface area (Å²) in [5, 5.41) is 0. The molecule has 0 atom stereocenters. The zero-order valence-corrected chi connectivity index (χ0v) is 21.3. The molecule has 0 aliphatic heterocycles. The Bertz CT molecular complexity index is 1660. The molecule has 8 rings (SSSR count). The van der Waals surface area contributed by atoms with Crippen molar-refractivity contribution in [2.75, 3.05) is 11.5 Å². The van der Waals surface area contributed by atoms with E-state index in [9.17, 15) is 9.59 Å². The van der Waals surface area contributed by atoms with Crippen molar-refractivity contribution in [3.8, 4) is 11.5 Å². The molecule has 0 radical (unpaired) electrons. The molecular weight excluding hydrogens is 500 g/mol. The molecule has 0 aromatic heterocycles. The van der Waals surface area contributed by atoms with Crippen LogP contribution in [-0.2, 0) is 0 Å². The van der Waals surface area contributed by atoms with Crippen molar-refractivity contribution in [3.05, 3.63) is 154 Å². The van der Waals surface area contributed by atoms with Crippen LogP contribution >= 0.6 is 0 Å². The number of nitrogen functional groups attached to an aromatic ring is 2. The van der Waals surface area contributed by atoms with Gasteiger partial charge in [-0.2, -0.15) is 0 Å². The molecule has 0 spiro atoms. The number of ether oxygens (including phenoxy) is 2. The van der Waals surface area contributed by atoms with Crippen LogP contribution in [0.1, 0.15) is 65.9 Å². The van der Waals surface area contributed by atoms with Gasteiger partial charge in [-0.15, -0.1) is 0 Å². The Morgan fingerprint density at radius 1 is 0.500 bits per heavy atom. The first-order valence-corrected chi connectivity index (χ1v) is 13.0. The quantitative estimate of drug-likeness (QED) is 0.160. The minimum Gasteiger partial charge on any atom is -0.423 e. The molecule has 40 heavy (non-hydrogen) atoms. The normalized spacial score (nSPS) is 15.9. The van der Waals surface area contributed by atoms with E-state index in [1.54, 1.807) is 60.7 Å². The zero-order valence-electron chi connectivity index (χ0n) is 21.3. The lowest BCUT2D eigenvalue weighted by Crippen LogP contribution is -2.29. The fourth-order valence-corrected chi connectivity index (χ4v) is 6.05. The van der Waals surface area contributed by atoms with Crippen molar-refractivity contribution in [3.63, 3.8) is 0 Å². The molecule has 3 aliphatic carbocycles. The monoisotopic (exact) mass is 524 g/mol. The van der Waals surface area contributed by atoms with Gasteiger partial charge in [-0.1, -0.05) is 60.7 Å². The molecule has 0 saturated carbocycles. The SMILES string of the molecule is Nc1cccc(C(=O)Oc2ccc(OC(=O)c3cccc(N)c3)c3c2C2c4ccccc4C3c3ccccc32)c1. The average molecular weight is 525 g/mol. The number of nitrogens with two attached hydrogens (primary N) is 2. The molecule has 4 N–H and O–H groups in total. The molecule has 0 heterocycles. The summed E-state index contributed by atoms with van der Waals surface area (Å²) in [6.45, 7) is 0. The first-order valence-electron chi connectivity index (χ1n) is 13.0. The molecule has 194 valence electrons. The number of esters is 2. The van der Waals surface area contributed by atoms with E-state index in [0.29, 0.717) is 34.0 Å². The van der Waals surface area contributed by atoms with Gasteiger partial charge in [0.15, 0.2) is 0 Å². The number of benzene rings is 5. The smallest absolute Gasteiger partial charge is 0.343 e. The number of hydrogen-bond acceptors (Lipinski definition) is 6. The van der Waals surface area contributed by atoms with Gasteiger partial charge in [0.25, 0.3) is 0 Å². The zero-order chi connectivity index (χ0) is 27.4. The average Bonchev–Trinajstić information content (AvgIpc) is 2.98. The summed E-state index contributed by atoms with van der Waals surface area (Å²) < 4.78 is 12.1. The first-order chi connectivity index (χ1) is 19.5. The maximum absolute atomic E-state index is 13.3. The maximum Gasteiger partial charge on any atom is 0.343 e. The molecule has 6 heteroatoms. The lowest BCUT2D eigenvalue weighted by Gasteiger charge is -2.43. The highest BCUT2D eigenvalue weighted by Crippen LogP contribution is 2.60. The second kappa shape index (κ2) is 9.13. The molecule has 0 amide bonds. The Labute approximate surface area is 230 Å². The summed E-state index contributed by atoms with van der Waals surface area (Å²) in [6, 6.07) is 33.3. The Morgan fingerprint density at radius 2 is 0.875 bits per heavy atom. The van der Waals surface area contributed by atoms with Gasteiger partial charge < -0.3 is 20.9 Å². The lowest BCUT2D eigenvalue weighted by molar-refractivity contribution is 0.0716. The van der Waals surface area contributed by atoms with E-state index in [4.69, 9.17) is 20.9 Å². The van der Waals surface area contributed by atoms with Crippen LogP contribution in [0.15, 0.2) is 109 Å². The van der Waals surface area contributed by atoms with Gasteiger partial charge in [0.1, 0.15) is 11.5 Å². The fourth-order valence-electron chi connectivity index (χ4n) is 6.05. The molecular formula is C34H24N2O4.